The molecule has 0 fully saturated rings. The highest BCUT2D eigenvalue weighted by Crippen LogP contribution is 1.96. The van der Waals surface area contributed by atoms with Crippen molar-refractivity contribution in [1.82, 2.24) is 5.32 Å². The molecule has 4 nitrogen and oxygen atoms in total. The van der Waals surface area contributed by atoms with Gasteiger partial charge in [0.25, 0.3) is 0 Å². The third-order valence-electron chi connectivity index (χ3n) is 0.995. The molecule has 0 aromatic heterocycles. The molecule has 0 heterocycles. The molecule has 0 saturated heterocycles. The Bertz CT molecular complexity index is 213. The molecule has 5 heteroatoms. The summed E-state index contributed by atoms with van der Waals surface area (Å²) >= 11 is 1.48. The number of carboxylic acid groups (broad SMARTS) is 1. The molecule has 0 bridgehead atoms. The first-order chi connectivity index (χ1) is 5.57. The van der Waals surface area contributed by atoms with E-state index < -0.39 is 5.97 Å². The van der Waals surface area contributed by atoms with E-state index in [4.69, 9.17) is 5.11 Å². The third kappa shape index (κ3) is 4.79. The second kappa shape index (κ2) is 5.65. The van der Waals surface area contributed by atoms with E-state index in [9.17, 15) is 9.59 Å². The first-order valence-electron chi connectivity index (χ1n) is 3.28. The molecule has 12 heavy (non-hydrogen) atoms. The summed E-state index contributed by atoms with van der Waals surface area (Å²) in [4.78, 5) is 20.9. The molecule has 0 saturated carbocycles. The van der Waals surface area contributed by atoms with Crippen molar-refractivity contribution in [2.45, 2.75) is 6.92 Å². The van der Waals surface area contributed by atoms with Gasteiger partial charge in [0, 0.05) is 12.7 Å². The number of rotatable bonds is 4. The van der Waals surface area contributed by atoms with E-state index in [0.29, 0.717) is 5.75 Å². The summed E-state index contributed by atoms with van der Waals surface area (Å²) in [6.45, 7) is 1.27. The van der Waals surface area contributed by atoms with Gasteiger partial charge in [-0.1, -0.05) is 0 Å². The van der Waals surface area contributed by atoms with Crippen LogP contribution in [0.25, 0.3) is 0 Å². The van der Waals surface area contributed by atoms with E-state index in [0.717, 1.165) is 0 Å². The lowest BCUT2D eigenvalue weighted by molar-refractivity contribution is -0.134. The number of amides is 1. The quantitative estimate of drug-likeness (QED) is 0.630. The predicted octanol–water partition coefficient (Wildman–Crippen LogP) is 0.454. The van der Waals surface area contributed by atoms with Gasteiger partial charge < -0.3 is 10.4 Å². The maximum Gasteiger partial charge on any atom is 0.352 e. The molecular formula is C7H11NO3S. The fourth-order valence-corrected chi connectivity index (χ4v) is 0.881. The fourth-order valence-electron chi connectivity index (χ4n) is 0.548. The lowest BCUT2D eigenvalue weighted by Gasteiger charge is -2.01. The number of carbonyl (C=O) groups excluding carboxylic acids is 1. The van der Waals surface area contributed by atoms with Gasteiger partial charge in [-0.3, -0.25) is 4.79 Å². The fraction of sp³-hybridized carbons (Fsp3) is 0.429. The van der Waals surface area contributed by atoms with Crippen molar-refractivity contribution < 1.29 is 14.7 Å². The normalized spacial score (nSPS) is 11.0. The Labute approximate surface area is 75.0 Å². The first-order valence-corrected chi connectivity index (χ1v) is 4.67. The van der Waals surface area contributed by atoms with Crippen LogP contribution in [0.5, 0.6) is 0 Å². The minimum Gasteiger partial charge on any atom is -0.477 e. The Morgan fingerprint density at radius 2 is 2.17 bits per heavy atom. The molecular weight excluding hydrogens is 178 g/mol. The maximum atomic E-state index is 10.5. The molecule has 0 rings (SSSR count). The van der Waals surface area contributed by atoms with Crippen molar-refractivity contribution in [1.29, 1.82) is 0 Å². The highest BCUT2D eigenvalue weighted by atomic mass is 32.2. The molecule has 0 aliphatic rings. The van der Waals surface area contributed by atoms with Gasteiger partial charge in [-0.2, -0.15) is 11.8 Å². The molecule has 0 unspecified atom stereocenters. The summed E-state index contributed by atoms with van der Waals surface area (Å²) in [6.07, 6.45) is 3.32. The Balaban J connectivity index is 4.22. The average Bonchev–Trinajstić information content (AvgIpc) is 1.96. The van der Waals surface area contributed by atoms with Crippen molar-refractivity contribution >= 4 is 23.6 Å². The standard InChI is InChI=1S/C7H11NO3S/c1-5(9)8-6(7(10)11)3-4-12-2/h3H,4H2,1-2H3,(H,8,9)(H,10,11)/b6-3+. The molecule has 0 radical (unpaired) electrons. The van der Waals surface area contributed by atoms with Crippen LogP contribution in [0.3, 0.4) is 0 Å². The van der Waals surface area contributed by atoms with Crippen LogP contribution >= 0.6 is 11.8 Å². The highest BCUT2D eigenvalue weighted by molar-refractivity contribution is 7.98. The number of thioether (sulfide) groups is 1. The van der Waals surface area contributed by atoms with E-state index in [-0.39, 0.29) is 11.6 Å². The summed E-state index contributed by atoms with van der Waals surface area (Å²) in [6, 6.07) is 0. The van der Waals surface area contributed by atoms with Crippen molar-refractivity contribution in [3.8, 4) is 0 Å². The van der Waals surface area contributed by atoms with Crippen LogP contribution in [0.1, 0.15) is 6.92 Å². The number of nitrogens with one attached hydrogen (secondary N) is 1. The zero-order valence-corrected chi connectivity index (χ0v) is 7.77. The molecule has 0 atom stereocenters. The average molecular weight is 189 g/mol. The van der Waals surface area contributed by atoms with E-state index in [1.165, 1.54) is 24.8 Å². The summed E-state index contributed by atoms with van der Waals surface area (Å²) in [5.41, 5.74) is -0.0585. The monoisotopic (exact) mass is 189 g/mol. The topological polar surface area (TPSA) is 66.4 Å². The third-order valence-corrected chi connectivity index (χ3v) is 1.50. The van der Waals surface area contributed by atoms with Crippen LogP contribution in [0.15, 0.2) is 11.8 Å². The van der Waals surface area contributed by atoms with Gasteiger partial charge in [-0.15, -0.1) is 0 Å². The SMILES string of the molecule is CSC/C=C(/NC(C)=O)C(=O)O. The minimum atomic E-state index is -1.11. The van der Waals surface area contributed by atoms with Crippen LogP contribution in [-0.2, 0) is 9.59 Å². The molecule has 1 amide bonds. The molecule has 0 aromatic rings. The first kappa shape index (κ1) is 11.0. The van der Waals surface area contributed by atoms with E-state index >= 15 is 0 Å². The van der Waals surface area contributed by atoms with Gasteiger partial charge in [-0.05, 0) is 12.3 Å². The van der Waals surface area contributed by atoms with Gasteiger partial charge >= 0.3 is 5.97 Å². The maximum absolute atomic E-state index is 10.5. The minimum absolute atomic E-state index is 0.0585. The van der Waals surface area contributed by atoms with Gasteiger partial charge in [0.2, 0.25) is 5.91 Å². The summed E-state index contributed by atoms with van der Waals surface area (Å²) in [5.74, 6) is -0.911. The zero-order valence-electron chi connectivity index (χ0n) is 6.96. The smallest absolute Gasteiger partial charge is 0.352 e. The summed E-state index contributed by atoms with van der Waals surface area (Å²) in [5, 5.41) is 10.8. The summed E-state index contributed by atoms with van der Waals surface area (Å²) < 4.78 is 0. The van der Waals surface area contributed by atoms with E-state index in [1.807, 2.05) is 6.26 Å². The Hall–Kier alpha value is -0.970. The Morgan fingerprint density at radius 1 is 1.58 bits per heavy atom. The lowest BCUT2D eigenvalue weighted by atomic mass is 10.4. The molecule has 0 spiro atoms. The lowest BCUT2D eigenvalue weighted by Crippen LogP contribution is -2.24. The Morgan fingerprint density at radius 3 is 2.50 bits per heavy atom. The number of hydrogen-bond donors (Lipinski definition) is 2. The van der Waals surface area contributed by atoms with Crippen molar-refractivity contribution in [3.05, 3.63) is 11.8 Å². The molecule has 68 valence electrons. The van der Waals surface area contributed by atoms with E-state index in [1.54, 1.807) is 0 Å². The van der Waals surface area contributed by atoms with E-state index in [2.05, 4.69) is 5.32 Å². The molecule has 0 aliphatic heterocycles. The van der Waals surface area contributed by atoms with Gasteiger partial charge in [0.1, 0.15) is 5.70 Å². The highest BCUT2D eigenvalue weighted by Gasteiger charge is 2.06. The van der Waals surface area contributed by atoms with Crippen LogP contribution in [-0.4, -0.2) is 29.0 Å². The largest absolute Gasteiger partial charge is 0.477 e. The second-order valence-electron chi connectivity index (χ2n) is 2.06. The number of aliphatic carboxylic acids is 1. The van der Waals surface area contributed by atoms with Crippen LogP contribution in [0.4, 0.5) is 0 Å². The molecule has 0 aromatic carbocycles. The second-order valence-corrected chi connectivity index (χ2v) is 2.97. The number of carbonyl (C=O) groups is 2. The van der Waals surface area contributed by atoms with Crippen LogP contribution in [0, 0.1) is 0 Å². The number of carboxylic acids is 1. The van der Waals surface area contributed by atoms with Crippen LogP contribution in [0.2, 0.25) is 0 Å². The van der Waals surface area contributed by atoms with Crippen molar-refractivity contribution in [2.24, 2.45) is 0 Å². The van der Waals surface area contributed by atoms with Gasteiger partial charge in [-0.25, -0.2) is 4.79 Å². The van der Waals surface area contributed by atoms with Gasteiger partial charge in [0.15, 0.2) is 0 Å². The Kier molecular flexibility index (Phi) is 5.19. The zero-order chi connectivity index (χ0) is 9.56. The van der Waals surface area contributed by atoms with Crippen molar-refractivity contribution in [3.63, 3.8) is 0 Å². The van der Waals surface area contributed by atoms with Gasteiger partial charge in [0.05, 0.1) is 0 Å². The summed E-state index contributed by atoms with van der Waals surface area (Å²) in [7, 11) is 0. The van der Waals surface area contributed by atoms with Crippen molar-refractivity contribution in [2.75, 3.05) is 12.0 Å². The molecule has 0 aliphatic carbocycles. The van der Waals surface area contributed by atoms with Crippen LogP contribution < -0.4 is 5.32 Å². The molecule has 2 N–H and O–H groups in total. The predicted molar refractivity (Wildman–Crippen MR) is 47.9 cm³/mol. The number of hydrogen-bond acceptors (Lipinski definition) is 3.